The zero-order valence-electron chi connectivity index (χ0n) is 17.1. The average Bonchev–Trinajstić information content (AvgIpc) is 3.11. The van der Waals surface area contributed by atoms with Crippen molar-refractivity contribution in [2.75, 3.05) is 36.1 Å². The zero-order valence-corrected chi connectivity index (χ0v) is 17.1. The number of amides is 1. The Morgan fingerprint density at radius 1 is 1.34 bits per heavy atom. The molecule has 0 bridgehead atoms. The fourth-order valence-corrected chi connectivity index (χ4v) is 3.13. The topological polar surface area (TPSA) is 96.6 Å². The van der Waals surface area contributed by atoms with Crippen molar-refractivity contribution in [1.82, 2.24) is 14.9 Å². The molecule has 1 aromatic carbocycles. The van der Waals surface area contributed by atoms with Gasteiger partial charge in [-0.15, -0.1) is 0 Å². The lowest BCUT2D eigenvalue weighted by Gasteiger charge is -2.28. The lowest BCUT2D eigenvalue weighted by atomic mass is 10.2. The van der Waals surface area contributed by atoms with E-state index in [9.17, 15) is 9.18 Å². The first-order chi connectivity index (χ1) is 13.6. The minimum atomic E-state index is -0.544. The van der Waals surface area contributed by atoms with Gasteiger partial charge in [0, 0.05) is 26.2 Å². The molecule has 1 amide bonds. The van der Waals surface area contributed by atoms with Gasteiger partial charge in [-0.25, -0.2) is 9.18 Å². The molecule has 29 heavy (non-hydrogen) atoms. The van der Waals surface area contributed by atoms with Crippen molar-refractivity contribution in [2.45, 2.75) is 38.8 Å². The summed E-state index contributed by atoms with van der Waals surface area (Å²) < 4.78 is 19.4. The van der Waals surface area contributed by atoms with Crippen molar-refractivity contribution in [2.24, 2.45) is 0 Å². The number of hydrogen-bond acceptors (Lipinski definition) is 7. The summed E-state index contributed by atoms with van der Waals surface area (Å²) in [5.74, 6) is 0.731. The number of anilines is 4. The van der Waals surface area contributed by atoms with Gasteiger partial charge in [0.2, 0.25) is 5.95 Å². The van der Waals surface area contributed by atoms with Gasteiger partial charge in [-0.05, 0) is 39.3 Å². The second-order valence-corrected chi connectivity index (χ2v) is 8.05. The number of para-hydroxylation sites is 1. The van der Waals surface area contributed by atoms with E-state index in [4.69, 9.17) is 10.5 Å². The van der Waals surface area contributed by atoms with Crippen LogP contribution in [0.25, 0.3) is 0 Å². The van der Waals surface area contributed by atoms with E-state index in [-0.39, 0.29) is 23.9 Å². The van der Waals surface area contributed by atoms with Crippen LogP contribution in [-0.4, -0.2) is 52.7 Å². The number of rotatable bonds is 4. The number of nitrogens with one attached hydrogen (secondary N) is 1. The van der Waals surface area contributed by atoms with Crippen LogP contribution in [0.15, 0.2) is 30.3 Å². The van der Waals surface area contributed by atoms with Gasteiger partial charge in [-0.2, -0.15) is 9.97 Å². The Labute approximate surface area is 169 Å². The average molecular weight is 402 g/mol. The van der Waals surface area contributed by atoms with E-state index >= 15 is 0 Å². The molecule has 1 saturated heterocycles. The summed E-state index contributed by atoms with van der Waals surface area (Å²) in [6, 6.07) is 8.04. The van der Waals surface area contributed by atoms with Crippen LogP contribution in [0.3, 0.4) is 0 Å². The third-order valence-corrected chi connectivity index (χ3v) is 4.58. The molecule has 2 aromatic rings. The van der Waals surface area contributed by atoms with Crippen molar-refractivity contribution in [3.63, 3.8) is 0 Å². The van der Waals surface area contributed by atoms with Crippen LogP contribution in [0, 0.1) is 5.82 Å². The molecule has 1 aliphatic heterocycles. The van der Waals surface area contributed by atoms with Gasteiger partial charge in [0.05, 0.1) is 11.7 Å². The monoisotopic (exact) mass is 402 g/mol. The Hall–Kier alpha value is -3.10. The lowest BCUT2D eigenvalue weighted by molar-refractivity contribution is 0.0238. The molecule has 1 aromatic heterocycles. The number of aromatic nitrogens is 2. The van der Waals surface area contributed by atoms with Crippen LogP contribution in [0.5, 0.6) is 0 Å². The first-order valence-electron chi connectivity index (χ1n) is 9.49. The van der Waals surface area contributed by atoms with E-state index in [0.29, 0.717) is 30.4 Å². The van der Waals surface area contributed by atoms with Crippen LogP contribution >= 0.6 is 0 Å². The van der Waals surface area contributed by atoms with Gasteiger partial charge < -0.3 is 25.6 Å². The third kappa shape index (κ3) is 5.24. The van der Waals surface area contributed by atoms with Gasteiger partial charge in [-0.3, -0.25) is 0 Å². The molecule has 0 unspecified atom stereocenters. The molecule has 1 atom stereocenters. The Morgan fingerprint density at radius 3 is 2.76 bits per heavy atom. The molecule has 1 fully saturated rings. The molecular weight excluding hydrogens is 375 g/mol. The van der Waals surface area contributed by atoms with Gasteiger partial charge in [0.15, 0.2) is 0 Å². The second kappa shape index (κ2) is 8.10. The molecule has 3 N–H and O–H groups in total. The lowest BCUT2D eigenvalue weighted by Crippen LogP contribution is -2.42. The predicted octanol–water partition coefficient (Wildman–Crippen LogP) is 3.39. The number of likely N-dealkylation sites (N-methyl/N-ethyl adjacent to an activating group) is 1. The molecule has 3 rings (SSSR count). The molecule has 0 aliphatic carbocycles. The normalized spacial score (nSPS) is 16.6. The van der Waals surface area contributed by atoms with Crippen LogP contribution < -0.4 is 16.0 Å². The number of nitrogen functional groups attached to an aromatic ring is 1. The molecule has 8 nitrogen and oxygen atoms in total. The quantitative estimate of drug-likeness (QED) is 0.809. The van der Waals surface area contributed by atoms with Gasteiger partial charge in [0.25, 0.3) is 0 Å². The van der Waals surface area contributed by atoms with E-state index in [1.54, 1.807) is 36.2 Å². The molecule has 0 saturated carbocycles. The van der Waals surface area contributed by atoms with E-state index in [1.807, 2.05) is 25.7 Å². The molecule has 0 radical (unpaired) electrons. The number of nitrogens with two attached hydrogens (primary N) is 1. The van der Waals surface area contributed by atoms with Gasteiger partial charge in [-0.1, -0.05) is 12.1 Å². The largest absolute Gasteiger partial charge is 0.444 e. The Morgan fingerprint density at radius 2 is 2.07 bits per heavy atom. The number of benzene rings is 1. The summed E-state index contributed by atoms with van der Waals surface area (Å²) in [6.45, 7) is 6.81. The fourth-order valence-electron chi connectivity index (χ4n) is 3.13. The SMILES string of the molecule is CN(C(=O)OC(C)(C)C)[C@@H]1CCN(c2cc(Nc3ccccc3F)nc(N)n2)C1. The molecule has 0 spiro atoms. The highest BCUT2D eigenvalue weighted by atomic mass is 19.1. The molecule has 2 heterocycles. The maximum atomic E-state index is 13.9. The standard InChI is InChI=1S/C20H27FN6O2/c1-20(2,3)29-19(28)26(4)13-9-10-27(12-13)17-11-16(24-18(22)25-17)23-15-8-6-5-7-14(15)21/h5-8,11,13H,9-10,12H2,1-4H3,(H3,22,23,24,25)/t13-/m1/s1. The van der Waals surface area contributed by atoms with Crippen molar-refractivity contribution >= 4 is 29.4 Å². The maximum absolute atomic E-state index is 13.9. The van der Waals surface area contributed by atoms with Crippen molar-refractivity contribution in [3.05, 3.63) is 36.1 Å². The summed E-state index contributed by atoms with van der Waals surface area (Å²) in [4.78, 5) is 24.4. The molecule has 1 aliphatic rings. The fraction of sp³-hybridized carbons (Fsp3) is 0.450. The van der Waals surface area contributed by atoms with Crippen LogP contribution in [-0.2, 0) is 4.74 Å². The van der Waals surface area contributed by atoms with Crippen LogP contribution in [0.1, 0.15) is 27.2 Å². The summed E-state index contributed by atoms with van der Waals surface area (Å²) in [5.41, 5.74) is 5.63. The third-order valence-electron chi connectivity index (χ3n) is 4.58. The minimum Gasteiger partial charge on any atom is -0.444 e. The Balaban J connectivity index is 1.71. The second-order valence-electron chi connectivity index (χ2n) is 8.05. The predicted molar refractivity (Wildman–Crippen MR) is 111 cm³/mol. The van der Waals surface area contributed by atoms with Crippen molar-refractivity contribution in [1.29, 1.82) is 0 Å². The van der Waals surface area contributed by atoms with Crippen LogP contribution in [0.2, 0.25) is 0 Å². The number of carbonyl (C=O) groups excluding carboxylic acids is 1. The summed E-state index contributed by atoms with van der Waals surface area (Å²) in [5, 5.41) is 2.94. The summed E-state index contributed by atoms with van der Waals surface area (Å²) in [7, 11) is 1.74. The van der Waals surface area contributed by atoms with Crippen molar-refractivity contribution < 1.29 is 13.9 Å². The van der Waals surface area contributed by atoms with E-state index in [1.165, 1.54) is 6.07 Å². The first-order valence-corrected chi connectivity index (χ1v) is 9.49. The van der Waals surface area contributed by atoms with Gasteiger partial charge >= 0.3 is 6.09 Å². The van der Waals surface area contributed by atoms with Crippen molar-refractivity contribution in [3.8, 4) is 0 Å². The Bertz CT molecular complexity index is 886. The highest BCUT2D eigenvalue weighted by Gasteiger charge is 2.31. The van der Waals surface area contributed by atoms with E-state index < -0.39 is 5.60 Å². The number of halogens is 1. The van der Waals surface area contributed by atoms with Crippen LogP contribution in [0.4, 0.5) is 32.5 Å². The molecule has 9 heteroatoms. The van der Waals surface area contributed by atoms with E-state index in [2.05, 4.69) is 15.3 Å². The Kier molecular flexibility index (Phi) is 5.76. The highest BCUT2D eigenvalue weighted by Crippen LogP contribution is 2.26. The van der Waals surface area contributed by atoms with E-state index in [0.717, 1.165) is 6.42 Å². The number of nitrogens with zero attached hydrogens (tertiary/aromatic N) is 4. The zero-order chi connectivity index (χ0) is 21.2. The summed E-state index contributed by atoms with van der Waals surface area (Å²) >= 11 is 0. The van der Waals surface area contributed by atoms with Gasteiger partial charge in [0.1, 0.15) is 23.1 Å². The number of ether oxygens (including phenoxy) is 1. The first kappa shape index (κ1) is 20.6. The minimum absolute atomic E-state index is 0.0102. The number of carbonyl (C=O) groups is 1. The maximum Gasteiger partial charge on any atom is 0.410 e. The smallest absolute Gasteiger partial charge is 0.410 e. The number of hydrogen-bond donors (Lipinski definition) is 2. The molecular formula is C20H27FN6O2. The summed E-state index contributed by atoms with van der Waals surface area (Å²) in [6.07, 6.45) is 0.420. The molecule has 156 valence electrons. The highest BCUT2D eigenvalue weighted by molar-refractivity contribution is 5.68.